The molecule has 0 fully saturated rings. The van der Waals surface area contributed by atoms with Gasteiger partial charge in [-0.2, -0.15) is 12.6 Å². The van der Waals surface area contributed by atoms with Gasteiger partial charge in [-0.05, 0) is 31.2 Å². The quantitative estimate of drug-likeness (QED) is 0.543. The van der Waals surface area contributed by atoms with E-state index in [1.165, 1.54) is 11.1 Å². The lowest BCUT2D eigenvalue weighted by atomic mass is 10.1. The van der Waals surface area contributed by atoms with Gasteiger partial charge in [0.1, 0.15) is 0 Å². The Labute approximate surface area is 86.0 Å². The van der Waals surface area contributed by atoms with Crippen molar-refractivity contribution in [1.29, 1.82) is 0 Å². The molecule has 0 bridgehead atoms. The molecule has 1 N–H and O–H groups in total. The zero-order chi connectivity index (χ0) is 9.52. The first-order chi connectivity index (χ1) is 6.33. The molecule has 0 amide bonds. The van der Waals surface area contributed by atoms with Crippen LogP contribution in [0.5, 0.6) is 0 Å². The highest BCUT2D eigenvalue weighted by molar-refractivity contribution is 7.80. The van der Waals surface area contributed by atoms with E-state index in [2.05, 4.69) is 49.1 Å². The number of benzene rings is 1. The van der Waals surface area contributed by atoms with Crippen LogP contribution in [0.2, 0.25) is 0 Å². The number of hydrogen-bond acceptors (Lipinski definition) is 2. The number of aryl methyl sites for hydroxylation is 1. The molecule has 0 aliphatic carbocycles. The summed E-state index contributed by atoms with van der Waals surface area (Å²) < 4.78 is 0. The van der Waals surface area contributed by atoms with Crippen LogP contribution in [-0.2, 0) is 6.54 Å². The van der Waals surface area contributed by atoms with Crippen LogP contribution in [0, 0.1) is 6.92 Å². The van der Waals surface area contributed by atoms with Crippen molar-refractivity contribution in [1.82, 2.24) is 5.32 Å². The molecule has 0 radical (unpaired) electrons. The van der Waals surface area contributed by atoms with E-state index in [1.807, 2.05) is 0 Å². The Morgan fingerprint density at radius 2 is 1.92 bits per heavy atom. The van der Waals surface area contributed by atoms with Gasteiger partial charge in [0.15, 0.2) is 0 Å². The van der Waals surface area contributed by atoms with Gasteiger partial charge in [0.25, 0.3) is 0 Å². The van der Waals surface area contributed by atoms with E-state index in [1.54, 1.807) is 0 Å². The van der Waals surface area contributed by atoms with Gasteiger partial charge in [-0.15, -0.1) is 0 Å². The van der Waals surface area contributed by atoms with E-state index in [0.29, 0.717) is 0 Å². The maximum atomic E-state index is 4.15. The molecule has 2 heteroatoms. The van der Waals surface area contributed by atoms with Gasteiger partial charge < -0.3 is 5.32 Å². The Morgan fingerprint density at radius 3 is 2.54 bits per heavy atom. The minimum absolute atomic E-state index is 0.959. The summed E-state index contributed by atoms with van der Waals surface area (Å²) in [6.45, 7) is 4.13. The maximum Gasteiger partial charge on any atom is 0.0205 e. The van der Waals surface area contributed by atoms with Gasteiger partial charge in [-0.25, -0.2) is 0 Å². The number of nitrogens with one attached hydrogen (secondary N) is 1. The first-order valence-electron chi connectivity index (χ1n) is 4.70. The predicted octanol–water partition coefficient (Wildman–Crippen LogP) is 2.40. The van der Waals surface area contributed by atoms with Crippen LogP contribution >= 0.6 is 12.6 Å². The van der Waals surface area contributed by atoms with E-state index in [0.717, 1.165) is 25.3 Å². The summed E-state index contributed by atoms with van der Waals surface area (Å²) in [6.07, 6.45) is 1.13. The van der Waals surface area contributed by atoms with Crippen molar-refractivity contribution in [3.63, 3.8) is 0 Å². The lowest BCUT2D eigenvalue weighted by Crippen LogP contribution is -2.14. The Balaban J connectivity index is 2.25. The third kappa shape index (κ3) is 4.34. The molecule has 72 valence electrons. The van der Waals surface area contributed by atoms with Gasteiger partial charge in [-0.1, -0.05) is 29.8 Å². The molecular weight excluding hydrogens is 178 g/mol. The van der Waals surface area contributed by atoms with Crippen LogP contribution in [0.15, 0.2) is 24.3 Å². The standard InChI is InChI=1S/C11H17NS/c1-10-3-5-11(6-4-10)9-12-7-2-8-13/h3-6,12-13H,2,7-9H2,1H3. The zero-order valence-electron chi connectivity index (χ0n) is 8.09. The van der Waals surface area contributed by atoms with Crippen LogP contribution in [-0.4, -0.2) is 12.3 Å². The van der Waals surface area contributed by atoms with Crippen molar-refractivity contribution in [2.45, 2.75) is 19.9 Å². The first kappa shape index (κ1) is 10.6. The molecule has 0 saturated heterocycles. The summed E-state index contributed by atoms with van der Waals surface area (Å²) in [5, 5.41) is 3.37. The number of rotatable bonds is 5. The van der Waals surface area contributed by atoms with Crippen LogP contribution in [0.3, 0.4) is 0 Å². The summed E-state index contributed by atoms with van der Waals surface area (Å²) in [5.41, 5.74) is 2.67. The molecule has 0 atom stereocenters. The Kier molecular flexibility index (Phi) is 4.94. The van der Waals surface area contributed by atoms with Gasteiger partial charge in [0, 0.05) is 6.54 Å². The van der Waals surface area contributed by atoms with Gasteiger partial charge in [-0.3, -0.25) is 0 Å². The molecule has 0 unspecified atom stereocenters. The first-order valence-corrected chi connectivity index (χ1v) is 5.33. The Morgan fingerprint density at radius 1 is 1.23 bits per heavy atom. The Bertz CT molecular complexity index is 230. The normalized spacial score (nSPS) is 10.3. The van der Waals surface area contributed by atoms with Crippen molar-refractivity contribution in [2.24, 2.45) is 0 Å². The average molecular weight is 195 g/mol. The monoisotopic (exact) mass is 195 g/mol. The molecule has 1 aromatic carbocycles. The molecule has 1 rings (SSSR count). The van der Waals surface area contributed by atoms with Gasteiger partial charge in [0.2, 0.25) is 0 Å². The molecule has 0 heterocycles. The highest BCUT2D eigenvalue weighted by Gasteiger charge is 1.91. The van der Waals surface area contributed by atoms with Gasteiger partial charge >= 0.3 is 0 Å². The van der Waals surface area contributed by atoms with Crippen molar-refractivity contribution in [3.8, 4) is 0 Å². The Hall–Kier alpha value is -0.470. The summed E-state index contributed by atoms with van der Waals surface area (Å²) in [4.78, 5) is 0. The average Bonchev–Trinajstić information content (AvgIpc) is 2.15. The van der Waals surface area contributed by atoms with Crippen LogP contribution in [0.1, 0.15) is 17.5 Å². The summed E-state index contributed by atoms with van der Waals surface area (Å²) in [6, 6.07) is 8.64. The second-order valence-electron chi connectivity index (χ2n) is 3.24. The molecule has 0 aromatic heterocycles. The molecule has 1 aromatic rings. The molecule has 13 heavy (non-hydrogen) atoms. The van der Waals surface area contributed by atoms with E-state index >= 15 is 0 Å². The smallest absolute Gasteiger partial charge is 0.0205 e. The molecular formula is C11H17NS. The highest BCUT2D eigenvalue weighted by Crippen LogP contribution is 2.02. The van der Waals surface area contributed by atoms with E-state index < -0.39 is 0 Å². The third-order valence-electron chi connectivity index (χ3n) is 1.96. The number of thiol groups is 1. The van der Waals surface area contributed by atoms with E-state index in [-0.39, 0.29) is 0 Å². The summed E-state index contributed by atoms with van der Waals surface area (Å²) in [5.74, 6) is 0.959. The largest absolute Gasteiger partial charge is 0.313 e. The zero-order valence-corrected chi connectivity index (χ0v) is 8.98. The predicted molar refractivity (Wildman–Crippen MR) is 61.4 cm³/mol. The fraction of sp³-hybridized carbons (Fsp3) is 0.455. The molecule has 0 saturated carbocycles. The van der Waals surface area contributed by atoms with Crippen LogP contribution in [0.4, 0.5) is 0 Å². The second-order valence-corrected chi connectivity index (χ2v) is 3.69. The lowest BCUT2D eigenvalue weighted by Gasteiger charge is -2.03. The van der Waals surface area contributed by atoms with Crippen LogP contribution < -0.4 is 5.32 Å². The van der Waals surface area contributed by atoms with Crippen molar-refractivity contribution in [3.05, 3.63) is 35.4 Å². The molecule has 0 aliphatic heterocycles. The highest BCUT2D eigenvalue weighted by atomic mass is 32.1. The lowest BCUT2D eigenvalue weighted by molar-refractivity contribution is 0.679. The molecule has 0 aliphatic rings. The summed E-state index contributed by atoms with van der Waals surface area (Å²) in [7, 11) is 0. The maximum absolute atomic E-state index is 4.15. The minimum Gasteiger partial charge on any atom is -0.313 e. The number of hydrogen-bond donors (Lipinski definition) is 2. The fourth-order valence-corrected chi connectivity index (χ4v) is 1.30. The minimum atomic E-state index is 0.959. The van der Waals surface area contributed by atoms with Crippen LogP contribution in [0.25, 0.3) is 0 Å². The van der Waals surface area contributed by atoms with Crippen molar-refractivity contribution in [2.75, 3.05) is 12.3 Å². The molecule has 1 nitrogen and oxygen atoms in total. The SMILES string of the molecule is Cc1ccc(CNCCCS)cc1. The fourth-order valence-electron chi connectivity index (χ4n) is 1.14. The molecule has 0 spiro atoms. The third-order valence-corrected chi connectivity index (χ3v) is 2.28. The van der Waals surface area contributed by atoms with Crippen molar-refractivity contribution < 1.29 is 0 Å². The van der Waals surface area contributed by atoms with Crippen molar-refractivity contribution >= 4 is 12.6 Å². The van der Waals surface area contributed by atoms with E-state index in [9.17, 15) is 0 Å². The van der Waals surface area contributed by atoms with Gasteiger partial charge in [0.05, 0.1) is 0 Å². The van der Waals surface area contributed by atoms with E-state index in [4.69, 9.17) is 0 Å². The second kappa shape index (κ2) is 6.06. The summed E-state index contributed by atoms with van der Waals surface area (Å²) >= 11 is 4.15. The topological polar surface area (TPSA) is 12.0 Å².